The van der Waals surface area contributed by atoms with Crippen molar-refractivity contribution in [2.45, 2.75) is 32.4 Å². The summed E-state index contributed by atoms with van der Waals surface area (Å²) in [5, 5.41) is 0. The van der Waals surface area contributed by atoms with Crippen LogP contribution in [0.5, 0.6) is 0 Å². The van der Waals surface area contributed by atoms with Crippen molar-refractivity contribution in [2.24, 2.45) is 0 Å². The summed E-state index contributed by atoms with van der Waals surface area (Å²) in [5.41, 5.74) is 0.475. The lowest BCUT2D eigenvalue weighted by molar-refractivity contribution is -0.170. The Morgan fingerprint density at radius 2 is 2.00 bits per heavy atom. The summed E-state index contributed by atoms with van der Waals surface area (Å²) in [6.07, 6.45) is 0.701. The Morgan fingerprint density at radius 3 is 2.65 bits per heavy atom. The van der Waals surface area contributed by atoms with Crippen LogP contribution >= 0.6 is 0 Å². The van der Waals surface area contributed by atoms with E-state index in [1.54, 1.807) is 0 Å². The van der Waals surface area contributed by atoms with Crippen LogP contribution < -0.4 is 0 Å². The molecule has 0 radical (unpaired) electrons. The highest BCUT2D eigenvalue weighted by molar-refractivity contribution is 5.80. The van der Waals surface area contributed by atoms with Crippen LogP contribution in [0.15, 0.2) is 30.3 Å². The van der Waals surface area contributed by atoms with Crippen LogP contribution in [-0.2, 0) is 20.8 Å². The molecule has 20 heavy (non-hydrogen) atoms. The SMILES string of the molecule is CCOC(=O)[C@@]1(OCC)CCN(Cc2ccccc2)C1. The van der Waals surface area contributed by atoms with Crippen molar-refractivity contribution in [2.75, 3.05) is 26.3 Å². The number of nitrogens with zero attached hydrogens (tertiary/aromatic N) is 1. The number of ether oxygens (including phenoxy) is 2. The Balaban J connectivity index is 2.02. The minimum atomic E-state index is -0.778. The van der Waals surface area contributed by atoms with Gasteiger partial charge in [0.05, 0.1) is 6.61 Å². The van der Waals surface area contributed by atoms with Gasteiger partial charge in [0.25, 0.3) is 0 Å². The van der Waals surface area contributed by atoms with Crippen LogP contribution in [0.4, 0.5) is 0 Å². The van der Waals surface area contributed by atoms with Gasteiger partial charge >= 0.3 is 5.97 Å². The second-order valence-corrected chi connectivity index (χ2v) is 5.09. The Kier molecular flexibility index (Phi) is 5.15. The van der Waals surface area contributed by atoms with E-state index in [1.165, 1.54) is 5.56 Å². The zero-order chi connectivity index (χ0) is 14.4. The fraction of sp³-hybridized carbons (Fsp3) is 0.562. The number of rotatable bonds is 6. The molecule has 0 aliphatic carbocycles. The van der Waals surface area contributed by atoms with E-state index in [0.717, 1.165) is 13.1 Å². The Bertz CT molecular complexity index is 435. The molecule has 1 fully saturated rings. The van der Waals surface area contributed by atoms with Gasteiger partial charge in [0.15, 0.2) is 5.60 Å². The van der Waals surface area contributed by atoms with E-state index in [-0.39, 0.29) is 5.97 Å². The normalized spacial score (nSPS) is 22.9. The van der Waals surface area contributed by atoms with Crippen molar-refractivity contribution in [1.29, 1.82) is 0 Å². The van der Waals surface area contributed by atoms with E-state index >= 15 is 0 Å². The molecule has 1 aliphatic rings. The molecule has 0 N–H and O–H groups in total. The number of hydrogen-bond donors (Lipinski definition) is 0. The van der Waals surface area contributed by atoms with Gasteiger partial charge in [0.2, 0.25) is 0 Å². The number of esters is 1. The zero-order valence-corrected chi connectivity index (χ0v) is 12.3. The van der Waals surface area contributed by atoms with Crippen molar-refractivity contribution >= 4 is 5.97 Å². The molecule has 110 valence electrons. The third kappa shape index (κ3) is 3.38. The molecule has 1 atom stereocenters. The minimum absolute atomic E-state index is 0.225. The molecule has 4 heteroatoms. The third-order valence-electron chi connectivity index (χ3n) is 3.63. The second kappa shape index (κ2) is 6.86. The molecule has 0 amide bonds. The van der Waals surface area contributed by atoms with E-state index in [0.29, 0.717) is 26.2 Å². The van der Waals surface area contributed by atoms with E-state index < -0.39 is 5.60 Å². The third-order valence-corrected chi connectivity index (χ3v) is 3.63. The predicted molar refractivity (Wildman–Crippen MR) is 77.3 cm³/mol. The largest absolute Gasteiger partial charge is 0.464 e. The first kappa shape index (κ1) is 15.0. The monoisotopic (exact) mass is 277 g/mol. The molecule has 0 saturated carbocycles. The molecular formula is C16H23NO3. The van der Waals surface area contributed by atoms with Crippen LogP contribution in [-0.4, -0.2) is 42.8 Å². The molecule has 0 bridgehead atoms. The Hall–Kier alpha value is -1.39. The molecule has 1 saturated heterocycles. The maximum absolute atomic E-state index is 12.2. The van der Waals surface area contributed by atoms with Gasteiger partial charge in [-0.05, 0) is 19.4 Å². The fourth-order valence-corrected chi connectivity index (χ4v) is 2.72. The smallest absolute Gasteiger partial charge is 0.339 e. The highest BCUT2D eigenvalue weighted by Gasteiger charge is 2.46. The lowest BCUT2D eigenvalue weighted by Gasteiger charge is -2.27. The van der Waals surface area contributed by atoms with Crippen molar-refractivity contribution in [3.63, 3.8) is 0 Å². The first-order chi connectivity index (χ1) is 9.70. The van der Waals surface area contributed by atoms with Gasteiger partial charge in [-0.3, -0.25) is 4.90 Å². The summed E-state index contributed by atoms with van der Waals surface area (Å²) in [6, 6.07) is 10.3. The molecule has 0 aromatic heterocycles. The number of carbonyl (C=O) groups is 1. The maximum Gasteiger partial charge on any atom is 0.339 e. The van der Waals surface area contributed by atoms with Crippen molar-refractivity contribution in [3.8, 4) is 0 Å². The van der Waals surface area contributed by atoms with Gasteiger partial charge in [-0.2, -0.15) is 0 Å². The van der Waals surface area contributed by atoms with Crippen LogP contribution in [0, 0.1) is 0 Å². The highest BCUT2D eigenvalue weighted by Crippen LogP contribution is 2.28. The second-order valence-electron chi connectivity index (χ2n) is 5.09. The van der Waals surface area contributed by atoms with Crippen LogP contribution in [0.2, 0.25) is 0 Å². The summed E-state index contributed by atoms with van der Waals surface area (Å²) in [6.45, 7) is 6.97. The van der Waals surface area contributed by atoms with E-state index in [9.17, 15) is 4.79 Å². The van der Waals surface area contributed by atoms with E-state index in [2.05, 4.69) is 17.0 Å². The molecule has 2 rings (SSSR count). The van der Waals surface area contributed by atoms with Crippen molar-refractivity contribution < 1.29 is 14.3 Å². The van der Waals surface area contributed by atoms with Crippen molar-refractivity contribution in [1.82, 2.24) is 4.90 Å². The Morgan fingerprint density at radius 1 is 1.25 bits per heavy atom. The molecule has 4 nitrogen and oxygen atoms in total. The zero-order valence-electron chi connectivity index (χ0n) is 12.3. The summed E-state index contributed by atoms with van der Waals surface area (Å²) in [5.74, 6) is -0.225. The van der Waals surface area contributed by atoms with Gasteiger partial charge < -0.3 is 9.47 Å². The first-order valence-electron chi connectivity index (χ1n) is 7.27. The fourth-order valence-electron chi connectivity index (χ4n) is 2.72. The number of likely N-dealkylation sites (tertiary alicyclic amines) is 1. The van der Waals surface area contributed by atoms with Gasteiger partial charge in [0.1, 0.15) is 0 Å². The molecule has 0 unspecified atom stereocenters. The highest BCUT2D eigenvalue weighted by atomic mass is 16.6. The van der Waals surface area contributed by atoms with Gasteiger partial charge in [-0.1, -0.05) is 30.3 Å². The summed E-state index contributed by atoms with van der Waals surface area (Å²) in [7, 11) is 0. The molecule has 1 aromatic carbocycles. The van der Waals surface area contributed by atoms with Crippen LogP contribution in [0.1, 0.15) is 25.8 Å². The molecule has 0 spiro atoms. The standard InChI is InChI=1S/C16H23NO3/c1-3-19-15(18)16(20-4-2)10-11-17(13-16)12-14-8-6-5-7-9-14/h5-9H,3-4,10-13H2,1-2H3/t16-/m1/s1. The lowest BCUT2D eigenvalue weighted by Crippen LogP contribution is -2.45. The topological polar surface area (TPSA) is 38.8 Å². The number of benzene rings is 1. The molecule has 1 heterocycles. The predicted octanol–water partition coefficient (Wildman–Crippen LogP) is 2.23. The number of hydrogen-bond acceptors (Lipinski definition) is 4. The Labute approximate surface area is 120 Å². The van der Waals surface area contributed by atoms with E-state index in [4.69, 9.17) is 9.47 Å². The van der Waals surface area contributed by atoms with Crippen LogP contribution in [0.3, 0.4) is 0 Å². The minimum Gasteiger partial charge on any atom is -0.464 e. The van der Waals surface area contributed by atoms with Crippen molar-refractivity contribution in [3.05, 3.63) is 35.9 Å². The molecule has 1 aromatic rings. The quantitative estimate of drug-likeness (QED) is 0.747. The average Bonchev–Trinajstić information content (AvgIpc) is 2.85. The summed E-state index contributed by atoms with van der Waals surface area (Å²) >= 11 is 0. The lowest BCUT2D eigenvalue weighted by atomic mass is 10.0. The van der Waals surface area contributed by atoms with Gasteiger partial charge in [-0.15, -0.1) is 0 Å². The van der Waals surface area contributed by atoms with Gasteiger partial charge in [0, 0.05) is 32.7 Å². The summed E-state index contributed by atoms with van der Waals surface area (Å²) < 4.78 is 10.9. The molecule has 1 aliphatic heterocycles. The summed E-state index contributed by atoms with van der Waals surface area (Å²) in [4.78, 5) is 14.4. The average molecular weight is 277 g/mol. The van der Waals surface area contributed by atoms with Crippen LogP contribution in [0.25, 0.3) is 0 Å². The number of carbonyl (C=O) groups excluding carboxylic acids is 1. The maximum atomic E-state index is 12.2. The first-order valence-corrected chi connectivity index (χ1v) is 7.27. The molecular weight excluding hydrogens is 254 g/mol. The van der Waals surface area contributed by atoms with E-state index in [1.807, 2.05) is 32.0 Å². The van der Waals surface area contributed by atoms with Gasteiger partial charge in [-0.25, -0.2) is 4.79 Å².